The van der Waals surface area contributed by atoms with Gasteiger partial charge in [-0.1, -0.05) is 206 Å². The lowest BCUT2D eigenvalue weighted by Gasteiger charge is -2.15. The quantitative estimate of drug-likeness (QED) is 0.165. The first-order valence-electron chi connectivity index (χ1n) is 37.5. The predicted molar refractivity (Wildman–Crippen MR) is 464 cm³/mol. The fraction of sp³-hybridized carbons (Fsp3) is 0.269. The monoisotopic (exact) mass is 1370 g/mol. The van der Waals surface area contributed by atoms with Crippen molar-refractivity contribution in [2.45, 2.75) is 194 Å². The summed E-state index contributed by atoms with van der Waals surface area (Å²) < 4.78 is 0. The highest BCUT2D eigenvalue weighted by Gasteiger charge is 2.14. The van der Waals surface area contributed by atoms with Crippen molar-refractivity contribution in [3.63, 3.8) is 0 Å². The van der Waals surface area contributed by atoms with Crippen molar-refractivity contribution in [3.05, 3.63) is 362 Å². The van der Waals surface area contributed by atoms with E-state index in [9.17, 15) is 0 Å². The van der Waals surface area contributed by atoms with Crippen LogP contribution in [0.5, 0.6) is 0 Å². The third-order valence-corrected chi connectivity index (χ3v) is 22.2. The molecule has 0 N–H and O–H groups in total. The molecule has 0 unspecified atom stereocenters. The van der Waals surface area contributed by atoms with Crippen LogP contribution >= 0.6 is 0 Å². The van der Waals surface area contributed by atoms with Gasteiger partial charge < -0.3 is 0 Å². The minimum absolute atomic E-state index is 1.31. The molecule has 0 heteroatoms. The number of hydrogen-bond acceptors (Lipinski definition) is 0. The molecule has 104 heavy (non-hydrogen) atoms. The number of hydrogen-bond donors (Lipinski definition) is 0. The van der Waals surface area contributed by atoms with E-state index in [2.05, 4.69) is 400 Å². The van der Waals surface area contributed by atoms with E-state index >= 15 is 0 Å². The second kappa shape index (κ2) is 35.1. The molecule has 0 aliphatic heterocycles. The molecule has 0 nitrogen and oxygen atoms in total. The van der Waals surface area contributed by atoms with E-state index in [0.717, 1.165) is 0 Å². The molecule has 14 rings (SSSR count). The van der Waals surface area contributed by atoms with Gasteiger partial charge in [0.2, 0.25) is 0 Å². The number of benzene rings is 14. The normalized spacial score (nSPS) is 10.7. The second-order valence-corrected chi connectivity index (χ2v) is 30.5. The summed E-state index contributed by atoms with van der Waals surface area (Å²) in [5.74, 6) is 0. The lowest BCUT2D eigenvalue weighted by Crippen LogP contribution is -1.90. The van der Waals surface area contributed by atoms with Crippen LogP contribution < -0.4 is 0 Å². The minimum Gasteiger partial charge on any atom is -0.0613 e. The van der Waals surface area contributed by atoms with Gasteiger partial charge in [-0.2, -0.15) is 0 Å². The third kappa shape index (κ3) is 19.5. The van der Waals surface area contributed by atoms with Crippen LogP contribution in [0.1, 0.15) is 156 Å². The molecule has 0 spiro atoms. The largest absolute Gasteiger partial charge is 0.0613 e. The van der Waals surface area contributed by atoms with Crippen molar-refractivity contribution in [3.8, 4) is 33.4 Å². The molecule has 0 fully saturated rings. The molecule has 0 aliphatic carbocycles. The van der Waals surface area contributed by atoms with Gasteiger partial charge in [-0.3, -0.25) is 0 Å². The van der Waals surface area contributed by atoms with Crippen molar-refractivity contribution >= 4 is 43.1 Å². The molecule has 0 bridgehead atoms. The van der Waals surface area contributed by atoms with Gasteiger partial charge in [-0.05, 0) is 426 Å². The fourth-order valence-corrected chi connectivity index (χ4v) is 14.0. The molecule has 14 aromatic rings. The maximum Gasteiger partial charge on any atom is -0.00989 e. The molecule has 0 heterocycles. The molecule has 534 valence electrons. The Balaban J connectivity index is 0.000000157. The summed E-state index contributed by atoms with van der Waals surface area (Å²) in [5, 5.41) is 11.1. The Kier molecular flexibility index (Phi) is 26.9. The Bertz CT molecular complexity index is 4800. The fourth-order valence-electron chi connectivity index (χ4n) is 14.0. The van der Waals surface area contributed by atoms with Crippen LogP contribution in [0.25, 0.3) is 76.5 Å². The summed E-state index contributed by atoms with van der Waals surface area (Å²) in [6, 6.07) is 75.9. The van der Waals surface area contributed by atoms with Crippen molar-refractivity contribution in [2.24, 2.45) is 0 Å². The zero-order valence-corrected chi connectivity index (χ0v) is 68.6. The van der Waals surface area contributed by atoms with E-state index in [0.29, 0.717) is 0 Å². The van der Waals surface area contributed by atoms with Gasteiger partial charge in [0.25, 0.3) is 0 Å². The Hall–Kier alpha value is -9.88. The van der Waals surface area contributed by atoms with Crippen LogP contribution in [0.4, 0.5) is 0 Å². The zero-order chi connectivity index (χ0) is 76.3. The number of aryl methyl sites for hydroxylation is 28. The first-order valence-corrected chi connectivity index (χ1v) is 37.5. The molecule has 0 radical (unpaired) electrons. The molecular weight excluding hydrogens is 1250 g/mol. The van der Waals surface area contributed by atoms with Gasteiger partial charge in [-0.25, -0.2) is 0 Å². The maximum atomic E-state index is 2.28. The Morgan fingerprint density at radius 2 is 0.298 bits per heavy atom. The van der Waals surface area contributed by atoms with Crippen molar-refractivity contribution in [1.29, 1.82) is 0 Å². The summed E-state index contributed by atoms with van der Waals surface area (Å²) in [4.78, 5) is 0. The summed E-state index contributed by atoms with van der Waals surface area (Å²) in [5.41, 5.74) is 46.3. The van der Waals surface area contributed by atoms with Crippen molar-refractivity contribution < 1.29 is 0 Å². The summed E-state index contributed by atoms with van der Waals surface area (Å²) >= 11 is 0. The van der Waals surface area contributed by atoms with E-state index in [1.165, 1.54) is 232 Å². The van der Waals surface area contributed by atoms with Gasteiger partial charge in [-0.15, -0.1) is 0 Å². The van der Waals surface area contributed by atoms with Crippen LogP contribution in [-0.4, -0.2) is 0 Å². The third-order valence-electron chi connectivity index (χ3n) is 22.2. The first-order chi connectivity index (χ1) is 49.1. The predicted octanol–water partition coefficient (Wildman–Crippen LogP) is 30.1. The van der Waals surface area contributed by atoms with Gasteiger partial charge in [0.15, 0.2) is 0 Å². The molecule has 0 aromatic heterocycles. The van der Waals surface area contributed by atoms with Crippen LogP contribution in [0.3, 0.4) is 0 Å². The average Bonchev–Trinajstić information content (AvgIpc) is 0.755. The topological polar surface area (TPSA) is 0 Å². The van der Waals surface area contributed by atoms with E-state index in [-0.39, 0.29) is 0 Å². The highest BCUT2D eigenvalue weighted by Crippen LogP contribution is 2.39. The SMILES string of the molecule is Cc1cc(C)c(C)cc1C.Cc1cc(C)c(C)cc1C.Cc1cc2cc(C)c(C)cc2cc1C.Cc1ccc(-c2ccc(C)c(C)c2)cc1C.Cc1ccc(-c2ccc(C)c(C)c2)cc1C.Cc1ccc(C)c2c(C)ccc(C)c12.Cc1cccc2c(-c3ccc(C)c4c(C)cccc34)ccc(C)c12. The Labute approximate surface area is 628 Å². The van der Waals surface area contributed by atoms with Gasteiger partial charge in [0.05, 0.1) is 0 Å². The standard InChI is InChI=1S/C24H22.2C16H18.2C14H16.2C10H14/c1-15-7-5-9-21-19(13-11-17(3)23(15)21)20-14-12-18(4)24-16(2)8-6-10-22(20)24;2*1-11-5-7-15(9-13(11)3)16-8-6-12(2)14(4)10-16;1-9-5-13-7-11(3)12(4)8-14(13)6-10(9)2;1-9-5-6-11(3)14-12(4)8-7-10(2)13(9)14;2*1-7-5-9(3)10(4)6-8(7)2/h5-14H,1-4H3;2*5-10H,1-4H3;2*5-8H,1-4H3;2*5-6H,1-4H3. The van der Waals surface area contributed by atoms with Crippen LogP contribution in [-0.2, 0) is 0 Å². The second-order valence-electron chi connectivity index (χ2n) is 30.5. The molecule has 0 saturated heterocycles. The number of fused-ring (bicyclic) bond motifs is 4. The lowest BCUT2D eigenvalue weighted by atomic mass is 9.89. The smallest absolute Gasteiger partial charge is 0.00989 e. The van der Waals surface area contributed by atoms with Crippen molar-refractivity contribution in [2.75, 3.05) is 0 Å². The molecule has 0 saturated carbocycles. The zero-order valence-electron chi connectivity index (χ0n) is 68.6. The highest BCUT2D eigenvalue weighted by atomic mass is 14.2. The molecule has 14 aromatic carbocycles. The van der Waals surface area contributed by atoms with Crippen LogP contribution in [0.15, 0.2) is 206 Å². The Morgan fingerprint density at radius 3 is 0.519 bits per heavy atom. The maximum absolute atomic E-state index is 2.28. The minimum atomic E-state index is 1.31. The van der Waals surface area contributed by atoms with E-state index in [4.69, 9.17) is 0 Å². The Morgan fingerprint density at radius 1 is 0.125 bits per heavy atom. The number of rotatable bonds is 3. The van der Waals surface area contributed by atoms with Crippen LogP contribution in [0, 0.1) is 194 Å². The van der Waals surface area contributed by atoms with E-state index < -0.39 is 0 Å². The van der Waals surface area contributed by atoms with Gasteiger partial charge in [0, 0.05) is 0 Å². The van der Waals surface area contributed by atoms with E-state index in [1.54, 1.807) is 0 Å². The van der Waals surface area contributed by atoms with Gasteiger partial charge >= 0.3 is 0 Å². The average molecular weight is 1370 g/mol. The molecular formula is C104H118. The summed E-state index contributed by atoms with van der Waals surface area (Å²) in [6.07, 6.45) is 0. The first kappa shape index (κ1) is 79.8. The highest BCUT2D eigenvalue weighted by molar-refractivity contribution is 6.08. The van der Waals surface area contributed by atoms with E-state index in [1.807, 2.05) is 0 Å². The lowest BCUT2D eigenvalue weighted by molar-refractivity contribution is 1.24. The van der Waals surface area contributed by atoms with Gasteiger partial charge in [0.1, 0.15) is 0 Å². The molecule has 0 amide bonds. The summed E-state index contributed by atoms with van der Waals surface area (Å²) in [6.45, 7) is 60.8. The molecule has 0 atom stereocenters. The summed E-state index contributed by atoms with van der Waals surface area (Å²) in [7, 11) is 0. The van der Waals surface area contributed by atoms with Crippen molar-refractivity contribution in [1.82, 2.24) is 0 Å². The molecule has 0 aliphatic rings. The van der Waals surface area contributed by atoms with Crippen LogP contribution in [0.2, 0.25) is 0 Å².